The molecule has 122 valence electrons. The fourth-order valence-electron chi connectivity index (χ4n) is 2.70. The monoisotopic (exact) mass is 327 g/mol. The van der Waals surface area contributed by atoms with Gasteiger partial charge >= 0.3 is 0 Å². The van der Waals surface area contributed by atoms with Gasteiger partial charge in [0.2, 0.25) is 5.88 Å². The smallest absolute Gasteiger partial charge is 0.230 e. The lowest BCUT2D eigenvalue weighted by atomic mass is 10.1. The maximum atomic E-state index is 6.13. The number of pyridine rings is 1. The first kappa shape index (κ1) is 15.3. The van der Waals surface area contributed by atoms with Gasteiger partial charge in [-0.15, -0.1) is 0 Å². The van der Waals surface area contributed by atoms with Crippen molar-refractivity contribution in [3.8, 4) is 23.0 Å². The van der Waals surface area contributed by atoms with Gasteiger partial charge in [-0.3, -0.25) is 4.98 Å². The molecule has 2 heterocycles. The number of aromatic nitrogens is 3. The summed E-state index contributed by atoms with van der Waals surface area (Å²) in [5.74, 6) is 1.97. The van der Waals surface area contributed by atoms with E-state index in [1.54, 1.807) is 12.4 Å². The van der Waals surface area contributed by atoms with E-state index < -0.39 is 0 Å². The normalized spacial score (nSPS) is 10.8. The summed E-state index contributed by atoms with van der Waals surface area (Å²) in [5.41, 5.74) is 2.99. The van der Waals surface area contributed by atoms with Gasteiger partial charge in [-0.25, -0.2) is 4.98 Å². The molecular formula is C21H17N3O. The van der Waals surface area contributed by atoms with Crippen molar-refractivity contribution in [3.63, 3.8) is 0 Å². The summed E-state index contributed by atoms with van der Waals surface area (Å²) in [6, 6.07) is 19.7. The fraction of sp³-hybridized carbons (Fsp3) is 0.0952. The molecule has 0 fully saturated rings. The highest BCUT2D eigenvalue weighted by molar-refractivity contribution is 5.85. The maximum Gasteiger partial charge on any atom is 0.230 e. The van der Waals surface area contributed by atoms with Gasteiger partial charge in [0, 0.05) is 18.0 Å². The maximum absolute atomic E-state index is 6.13. The van der Waals surface area contributed by atoms with E-state index in [1.807, 2.05) is 54.6 Å². The second-order valence-corrected chi connectivity index (χ2v) is 5.71. The number of hydrogen-bond donors (Lipinski definition) is 0. The van der Waals surface area contributed by atoms with E-state index in [1.165, 1.54) is 5.56 Å². The first-order chi connectivity index (χ1) is 12.3. The SMILES string of the molecule is CCc1cccc(Oc2nc(-c3ccncc3)nc3ccccc23)c1. The Kier molecular flexibility index (Phi) is 4.09. The molecule has 0 aliphatic rings. The molecule has 0 saturated carbocycles. The Morgan fingerprint density at radius 3 is 2.56 bits per heavy atom. The summed E-state index contributed by atoms with van der Waals surface area (Å²) >= 11 is 0. The molecule has 0 aliphatic heterocycles. The number of para-hydroxylation sites is 1. The van der Waals surface area contributed by atoms with Crippen LogP contribution in [0.5, 0.6) is 11.6 Å². The molecule has 0 bridgehead atoms. The highest BCUT2D eigenvalue weighted by atomic mass is 16.5. The Morgan fingerprint density at radius 1 is 0.880 bits per heavy atom. The quantitative estimate of drug-likeness (QED) is 0.526. The molecule has 2 aromatic carbocycles. The molecule has 4 aromatic rings. The number of aryl methyl sites for hydroxylation is 1. The van der Waals surface area contributed by atoms with Crippen LogP contribution >= 0.6 is 0 Å². The molecule has 0 radical (unpaired) electrons. The van der Waals surface area contributed by atoms with E-state index in [0.29, 0.717) is 11.7 Å². The van der Waals surface area contributed by atoms with Crippen molar-refractivity contribution in [3.05, 3.63) is 78.6 Å². The number of fused-ring (bicyclic) bond motifs is 1. The van der Waals surface area contributed by atoms with Crippen LogP contribution in [-0.2, 0) is 6.42 Å². The summed E-state index contributed by atoms with van der Waals surface area (Å²) < 4.78 is 6.13. The third kappa shape index (κ3) is 3.19. The zero-order valence-corrected chi connectivity index (χ0v) is 13.9. The van der Waals surface area contributed by atoms with Crippen molar-refractivity contribution >= 4 is 10.9 Å². The first-order valence-electron chi connectivity index (χ1n) is 8.27. The molecule has 0 spiro atoms. The Bertz CT molecular complexity index is 1020. The molecule has 0 saturated heterocycles. The van der Waals surface area contributed by atoms with Gasteiger partial charge in [0.25, 0.3) is 0 Å². The molecule has 2 aromatic heterocycles. The second kappa shape index (κ2) is 6.69. The van der Waals surface area contributed by atoms with Gasteiger partial charge in [-0.05, 0) is 48.4 Å². The highest BCUT2D eigenvalue weighted by Gasteiger charge is 2.11. The summed E-state index contributed by atoms with van der Waals surface area (Å²) in [7, 11) is 0. The Hall–Kier alpha value is -3.27. The van der Waals surface area contributed by atoms with Gasteiger partial charge < -0.3 is 4.74 Å². The molecule has 0 amide bonds. The number of ether oxygens (including phenoxy) is 1. The average molecular weight is 327 g/mol. The van der Waals surface area contributed by atoms with Crippen LogP contribution in [0, 0.1) is 0 Å². The van der Waals surface area contributed by atoms with Crippen LogP contribution in [0.4, 0.5) is 0 Å². The van der Waals surface area contributed by atoms with Crippen molar-refractivity contribution in [2.24, 2.45) is 0 Å². The van der Waals surface area contributed by atoms with Crippen LogP contribution in [0.1, 0.15) is 12.5 Å². The summed E-state index contributed by atoms with van der Waals surface area (Å²) in [5, 5.41) is 0.891. The van der Waals surface area contributed by atoms with E-state index in [9.17, 15) is 0 Å². The minimum absolute atomic E-state index is 0.561. The predicted molar refractivity (Wildman–Crippen MR) is 98.7 cm³/mol. The van der Waals surface area contributed by atoms with Gasteiger partial charge in [0.05, 0.1) is 10.9 Å². The molecule has 4 nitrogen and oxygen atoms in total. The zero-order valence-electron chi connectivity index (χ0n) is 13.9. The fourth-order valence-corrected chi connectivity index (χ4v) is 2.70. The standard InChI is InChI=1S/C21H17N3O/c1-2-15-6-5-7-17(14-15)25-21-18-8-3-4-9-19(18)23-20(24-21)16-10-12-22-13-11-16/h3-14H,2H2,1H3. The molecule has 25 heavy (non-hydrogen) atoms. The van der Waals surface area contributed by atoms with Crippen molar-refractivity contribution in [2.75, 3.05) is 0 Å². The van der Waals surface area contributed by atoms with Gasteiger partial charge in [0.15, 0.2) is 5.82 Å². The van der Waals surface area contributed by atoms with Crippen LogP contribution in [0.2, 0.25) is 0 Å². The summed E-state index contributed by atoms with van der Waals surface area (Å²) in [6.07, 6.45) is 4.43. The third-order valence-corrected chi connectivity index (χ3v) is 4.03. The summed E-state index contributed by atoms with van der Waals surface area (Å²) in [4.78, 5) is 13.4. The predicted octanol–water partition coefficient (Wildman–Crippen LogP) is 5.05. The highest BCUT2D eigenvalue weighted by Crippen LogP contribution is 2.30. The van der Waals surface area contributed by atoms with E-state index in [2.05, 4.69) is 27.9 Å². The lowest BCUT2D eigenvalue weighted by molar-refractivity contribution is 0.468. The Morgan fingerprint density at radius 2 is 1.72 bits per heavy atom. The minimum atomic E-state index is 0.561. The molecule has 0 unspecified atom stereocenters. The first-order valence-corrected chi connectivity index (χ1v) is 8.27. The van der Waals surface area contributed by atoms with Crippen molar-refractivity contribution in [1.29, 1.82) is 0 Å². The number of nitrogens with zero attached hydrogens (tertiary/aromatic N) is 3. The average Bonchev–Trinajstić information content (AvgIpc) is 2.69. The van der Waals surface area contributed by atoms with Crippen LogP contribution < -0.4 is 4.74 Å². The van der Waals surface area contributed by atoms with Gasteiger partial charge in [-0.1, -0.05) is 31.2 Å². The van der Waals surface area contributed by atoms with Crippen molar-refractivity contribution < 1.29 is 4.74 Å². The van der Waals surface area contributed by atoms with E-state index in [-0.39, 0.29) is 0 Å². The summed E-state index contributed by atoms with van der Waals surface area (Å²) in [6.45, 7) is 2.13. The zero-order chi connectivity index (χ0) is 17.1. The topological polar surface area (TPSA) is 47.9 Å². The van der Waals surface area contributed by atoms with Crippen LogP contribution in [0.25, 0.3) is 22.3 Å². The molecule has 0 atom stereocenters. The van der Waals surface area contributed by atoms with Crippen LogP contribution in [-0.4, -0.2) is 15.0 Å². The largest absolute Gasteiger partial charge is 0.438 e. The van der Waals surface area contributed by atoms with Crippen LogP contribution in [0.15, 0.2) is 73.1 Å². The van der Waals surface area contributed by atoms with E-state index >= 15 is 0 Å². The number of rotatable bonds is 4. The number of hydrogen-bond acceptors (Lipinski definition) is 4. The number of benzene rings is 2. The minimum Gasteiger partial charge on any atom is -0.438 e. The molecule has 4 rings (SSSR count). The lowest BCUT2D eigenvalue weighted by Crippen LogP contribution is -1.96. The van der Waals surface area contributed by atoms with Crippen molar-refractivity contribution in [1.82, 2.24) is 15.0 Å². The van der Waals surface area contributed by atoms with Crippen molar-refractivity contribution in [2.45, 2.75) is 13.3 Å². The van der Waals surface area contributed by atoms with E-state index in [4.69, 9.17) is 4.74 Å². The molecular weight excluding hydrogens is 310 g/mol. The second-order valence-electron chi connectivity index (χ2n) is 5.71. The van der Waals surface area contributed by atoms with Gasteiger partial charge in [0.1, 0.15) is 5.75 Å². The Balaban J connectivity index is 1.83. The van der Waals surface area contributed by atoms with Crippen LogP contribution in [0.3, 0.4) is 0 Å². The van der Waals surface area contributed by atoms with Gasteiger partial charge in [-0.2, -0.15) is 4.98 Å². The lowest BCUT2D eigenvalue weighted by Gasteiger charge is -2.10. The molecule has 4 heteroatoms. The molecule has 0 N–H and O–H groups in total. The molecule has 0 aliphatic carbocycles. The third-order valence-electron chi connectivity index (χ3n) is 4.03. The van der Waals surface area contributed by atoms with E-state index in [0.717, 1.165) is 28.6 Å². The Labute approximate surface area is 146 Å².